The molecule has 0 aliphatic carbocycles. The van der Waals surface area contributed by atoms with Crippen LogP contribution in [0.2, 0.25) is 15.2 Å². The van der Waals surface area contributed by atoms with Crippen LogP contribution >= 0.6 is 46.6 Å². The van der Waals surface area contributed by atoms with Crippen molar-refractivity contribution in [2.75, 3.05) is 67.1 Å². The van der Waals surface area contributed by atoms with Crippen molar-refractivity contribution in [2.24, 2.45) is 0 Å². The lowest BCUT2D eigenvalue weighted by Gasteiger charge is -2.36. The average Bonchev–Trinajstić information content (AvgIpc) is 3.04. The summed E-state index contributed by atoms with van der Waals surface area (Å²) in [6.07, 6.45) is 0. The molecule has 0 unspecified atom stereocenters. The second-order valence-corrected chi connectivity index (χ2v) is 12.7. The third-order valence-electron chi connectivity index (χ3n) is 7.77. The smallest absolute Gasteiger partial charge is 0.253 e. The minimum atomic E-state index is 0.0592. The Bertz CT molecular complexity index is 1560. The van der Waals surface area contributed by atoms with E-state index in [0.29, 0.717) is 34.7 Å². The molecule has 222 valence electrons. The molecule has 0 N–H and O–H groups in total. The zero-order valence-electron chi connectivity index (χ0n) is 23.5. The van der Waals surface area contributed by atoms with E-state index in [1.165, 1.54) is 17.4 Å². The zero-order chi connectivity index (χ0) is 29.8. The van der Waals surface area contributed by atoms with E-state index < -0.39 is 0 Å². The highest BCUT2D eigenvalue weighted by Gasteiger charge is 2.23. The molecule has 2 fully saturated rings. The number of aromatic nitrogens is 2. The van der Waals surface area contributed by atoms with Gasteiger partial charge in [0.2, 0.25) is 0 Å². The highest BCUT2D eigenvalue weighted by Crippen LogP contribution is 2.27. The summed E-state index contributed by atoms with van der Waals surface area (Å²) in [5.74, 6) is 1.58. The monoisotopic (exact) mass is 652 g/mol. The number of carbonyl (C=O) groups is 1. The number of halogens is 3. The van der Waals surface area contributed by atoms with Crippen LogP contribution in [0.3, 0.4) is 0 Å². The second kappa shape index (κ2) is 13.6. The maximum Gasteiger partial charge on any atom is 0.253 e. The van der Waals surface area contributed by atoms with Crippen LogP contribution in [-0.4, -0.2) is 73.1 Å². The number of hydrogen-bond donors (Lipinski definition) is 0. The van der Waals surface area contributed by atoms with Crippen molar-refractivity contribution in [3.05, 3.63) is 105 Å². The van der Waals surface area contributed by atoms with Crippen LogP contribution in [0.25, 0.3) is 0 Å². The fourth-order valence-corrected chi connectivity index (χ4v) is 6.72. The average molecular weight is 654 g/mol. The van der Waals surface area contributed by atoms with Crippen molar-refractivity contribution < 1.29 is 4.79 Å². The van der Waals surface area contributed by atoms with Gasteiger partial charge >= 0.3 is 0 Å². The van der Waals surface area contributed by atoms with Crippen LogP contribution in [0.5, 0.6) is 0 Å². The number of thioether (sulfide) groups is 1. The van der Waals surface area contributed by atoms with Crippen LogP contribution in [0.15, 0.2) is 84.0 Å². The molecule has 1 aromatic heterocycles. The van der Waals surface area contributed by atoms with Gasteiger partial charge in [-0.25, -0.2) is 9.97 Å². The lowest BCUT2D eigenvalue weighted by atomic mass is 10.1. The summed E-state index contributed by atoms with van der Waals surface area (Å²) in [6.45, 7) is 6.35. The van der Waals surface area contributed by atoms with Crippen molar-refractivity contribution in [3.8, 4) is 0 Å². The zero-order valence-corrected chi connectivity index (χ0v) is 26.6. The van der Waals surface area contributed by atoms with Crippen molar-refractivity contribution in [1.82, 2.24) is 14.9 Å². The first-order valence-electron chi connectivity index (χ1n) is 14.2. The summed E-state index contributed by atoms with van der Waals surface area (Å²) >= 11 is 20.1. The van der Waals surface area contributed by atoms with E-state index in [9.17, 15) is 4.79 Å². The SMILES string of the molecule is O=C(c1ccc(CSc2nc(Cl)cc(N3CCN(c4ccc(Cl)cc4)CC3)n2)cc1)N1CCN(c2cccc(Cl)c2)CC1. The van der Waals surface area contributed by atoms with Crippen LogP contribution in [0.4, 0.5) is 17.2 Å². The van der Waals surface area contributed by atoms with Gasteiger partial charge in [-0.3, -0.25) is 4.79 Å². The summed E-state index contributed by atoms with van der Waals surface area (Å²) in [6, 6.07) is 25.5. The Labute approximate surface area is 271 Å². The van der Waals surface area contributed by atoms with E-state index in [1.54, 1.807) is 0 Å². The molecule has 0 radical (unpaired) electrons. The Hall–Kier alpha value is -3.17. The standard InChI is InChI=1S/C32H31Cl3N6OS/c33-25-8-10-27(11-9-25)38-12-16-40(17-13-38)30-21-29(35)36-32(37-30)43-22-23-4-6-24(7-5-23)31(42)41-18-14-39(15-19-41)28-3-1-2-26(34)20-28/h1-11,20-21H,12-19,22H2. The lowest BCUT2D eigenvalue weighted by Crippen LogP contribution is -2.48. The first kappa shape index (κ1) is 29.9. The van der Waals surface area contributed by atoms with Gasteiger partial charge in [-0.05, 0) is 60.2 Å². The molecule has 0 spiro atoms. The molecule has 0 bridgehead atoms. The molecule has 0 atom stereocenters. The summed E-state index contributed by atoms with van der Waals surface area (Å²) in [7, 11) is 0. The number of hydrogen-bond acceptors (Lipinski definition) is 7. The summed E-state index contributed by atoms with van der Waals surface area (Å²) in [5.41, 5.74) is 4.05. The first-order valence-corrected chi connectivity index (χ1v) is 16.3. The molecule has 6 rings (SSSR count). The summed E-state index contributed by atoms with van der Waals surface area (Å²) < 4.78 is 0. The van der Waals surface area contributed by atoms with E-state index in [1.807, 2.05) is 65.6 Å². The Kier molecular flexibility index (Phi) is 9.48. The largest absolute Gasteiger partial charge is 0.368 e. The van der Waals surface area contributed by atoms with E-state index >= 15 is 0 Å². The van der Waals surface area contributed by atoms with Gasteiger partial charge in [-0.2, -0.15) is 0 Å². The van der Waals surface area contributed by atoms with Gasteiger partial charge in [0.05, 0.1) is 0 Å². The van der Waals surface area contributed by atoms with Gasteiger partial charge < -0.3 is 19.6 Å². The molecule has 0 saturated carbocycles. The maximum atomic E-state index is 13.2. The van der Waals surface area contributed by atoms with E-state index in [0.717, 1.165) is 66.4 Å². The van der Waals surface area contributed by atoms with E-state index in [4.69, 9.17) is 39.8 Å². The van der Waals surface area contributed by atoms with Crippen LogP contribution in [0.1, 0.15) is 15.9 Å². The molecular formula is C32H31Cl3N6OS. The molecule has 2 saturated heterocycles. The minimum absolute atomic E-state index is 0.0592. The molecular weight excluding hydrogens is 623 g/mol. The predicted octanol–water partition coefficient (Wildman–Crippen LogP) is 7.02. The molecule has 3 heterocycles. The molecule has 4 aromatic rings. The fourth-order valence-electron chi connectivity index (χ4n) is 5.37. The number of carbonyl (C=O) groups excluding carboxylic acids is 1. The highest BCUT2D eigenvalue weighted by atomic mass is 35.5. The van der Waals surface area contributed by atoms with Crippen molar-refractivity contribution in [2.45, 2.75) is 10.9 Å². The number of rotatable bonds is 7. The third-order valence-corrected chi connectivity index (χ3v) is 9.36. The second-order valence-electron chi connectivity index (χ2n) is 10.5. The van der Waals surface area contributed by atoms with Gasteiger partial charge in [0.25, 0.3) is 5.91 Å². The van der Waals surface area contributed by atoms with Gasteiger partial charge in [-0.15, -0.1) is 0 Å². The molecule has 3 aromatic carbocycles. The van der Waals surface area contributed by atoms with Crippen LogP contribution in [-0.2, 0) is 5.75 Å². The Morgan fingerprint density at radius 1 is 0.674 bits per heavy atom. The topological polar surface area (TPSA) is 55.8 Å². The lowest BCUT2D eigenvalue weighted by molar-refractivity contribution is 0.0747. The van der Waals surface area contributed by atoms with Gasteiger partial charge in [-0.1, -0.05) is 64.8 Å². The Morgan fingerprint density at radius 2 is 1.33 bits per heavy atom. The molecule has 1 amide bonds. The number of amides is 1. The normalized spacial score (nSPS) is 15.6. The van der Waals surface area contributed by atoms with Gasteiger partial charge in [0.1, 0.15) is 11.0 Å². The maximum absolute atomic E-state index is 13.2. The quantitative estimate of drug-likeness (QED) is 0.121. The predicted molar refractivity (Wildman–Crippen MR) is 178 cm³/mol. The van der Waals surface area contributed by atoms with Gasteiger partial charge in [0, 0.05) is 91.2 Å². The first-order chi connectivity index (χ1) is 20.9. The summed E-state index contributed by atoms with van der Waals surface area (Å²) in [5, 5.41) is 2.54. The Balaban J connectivity index is 1.01. The highest BCUT2D eigenvalue weighted by molar-refractivity contribution is 7.98. The number of piperazine rings is 2. The number of anilines is 3. The van der Waals surface area contributed by atoms with Crippen molar-refractivity contribution in [3.63, 3.8) is 0 Å². The van der Waals surface area contributed by atoms with Gasteiger partial charge in [0.15, 0.2) is 5.16 Å². The van der Waals surface area contributed by atoms with Crippen molar-refractivity contribution in [1.29, 1.82) is 0 Å². The molecule has 11 heteroatoms. The molecule has 2 aliphatic heterocycles. The van der Waals surface area contributed by atoms with E-state index in [2.05, 4.69) is 37.9 Å². The van der Waals surface area contributed by atoms with Crippen molar-refractivity contribution >= 4 is 69.7 Å². The molecule has 7 nitrogen and oxygen atoms in total. The third kappa shape index (κ3) is 7.50. The Morgan fingerprint density at radius 3 is 2.02 bits per heavy atom. The molecule has 2 aliphatic rings. The number of nitrogens with zero attached hydrogens (tertiary/aromatic N) is 6. The van der Waals surface area contributed by atoms with Crippen LogP contribution in [0, 0.1) is 0 Å². The van der Waals surface area contributed by atoms with Crippen LogP contribution < -0.4 is 14.7 Å². The fraction of sp³-hybridized carbons (Fsp3) is 0.281. The summed E-state index contributed by atoms with van der Waals surface area (Å²) in [4.78, 5) is 31.2. The van der Waals surface area contributed by atoms with E-state index in [-0.39, 0.29) is 5.91 Å². The molecule has 43 heavy (non-hydrogen) atoms. The number of benzene rings is 3. The minimum Gasteiger partial charge on any atom is -0.368 e.